The number of methoxy groups -OCH3 is 3. The first kappa shape index (κ1) is 29.6. The van der Waals surface area contributed by atoms with Crippen LogP contribution in [0, 0.1) is 22.9 Å². The lowest BCUT2D eigenvalue weighted by atomic mass is 10.1. The van der Waals surface area contributed by atoms with Crippen LogP contribution in [-0.4, -0.2) is 53.2 Å². The van der Waals surface area contributed by atoms with Crippen LogP contribution < -0.4 is 24.2 Å². The van der Waals surface area contributed by atoms with Gasteiger partial charge in [-0.15, -0.1) is 0 Å². The molecule has 40 heavy (non-hydrogen) atoms. The van der Waals surface area contributed by atoms with Gasteiger partial charge in [-0.3, -0.25) is 19.6 Å². The Morgan fingerprint density at radius 3 is 2.25 bits per heavy atom. The van der Waals surface area contributed by atoms with Crippen molar-refractivity contribution in [3.05, 3.63) is 75.6 Å². The third-order valence-corrected chi connectivity index (χ3v) is 6.78. The molecule has 0 unspecified atom stereocenters. The summed E-state index contributed by atoms with van der Waals surface area (Å²) in [4.78, 5) is 35.5. The third-order valence-electron chi connectivity index (χ3n) is 5.43. The zero-order chi connectivity index (χ0) is 29.6. The molecule has 3 aromatic rings. The average molecular weight is 578 g/mol. The predicted molar refractivity (Wildman–Crippen MR) is 140 cm³/mol. The Hall–Kier alpha value is -4.92. The van der Waals surface area contributed by atoms with E-state index in [1.54, 1.807) is 0 Å². The summed E-state index contributed by atoms with van der Waals surface area (Å²) in [5.74, 6) is -3.17. The SMILES string of the molecule is COc1cc(NC(=O)COC(=O)c2cc(S(=O)(=O)Nc3ccccc3F)cc(OC)c2OC)c(C)cc1[N+](=O)[O-]. The fourth-order valence-electron chi connectivity index (χ4n) is 3.50. The molecule has 0 saturated carbocycles. The molecule has 0 fully saturated rings. The number of nitrogens with zero attached hydrogens (tertiary/aromatic N) is 1. The van der Waals surface area contributed by atoms with Crippen molar-refractivity contribution in [1.82, 2.24) is 0 Å². The van der Waals surface area contributed by atoms with Crippen molar-refractivity contribution in [2.24, 2.45) is 0 Å². The number of esters is 1. The van der Waals surface area contributed by atoms with Gasteiger partial charge in [0, 0.05) is 23.9 Å². The quantitative estimate of drug-likeness (QED) is 0.195. The lowest BCUT2D eigenvalue weighted by Crippen LogP contribution is -2.22. The number of hydrogen-bond donors (Lipinski definition) is 2. The normalized spacial score (nSPS) is 10.8. The standard InChI is InChI=1S/C25H24FN3O10S/c1-14-9-20(29(32)33)21(36-2)12-19(14)27-23(30)13-39-25(31)16-10-15(11-22(37-3)24(16)38-4)40(34,35)28-18-8-6-5-7-17(18)26/h5-12,28H,13H2,1-4H3,(H,27,30). The number of rotatable bonds is 11. The number of nitro groups is 1. The molecule has 0 bridgehead atoms. The number of para-hydroxylation sites is 1. The van der Waals surface area contributed by atoms with Crippen molar-refractivity contribution in [2.75, 3.05) is 38.0 Å². The first-order valence-electron chi connectivity index (χ1n) is 11.2. The maximum Gasteiger partial charge on any atom is 0.342 e. The average Bonchev–Trinajstić information content (AvgIpc) is 2.92. The molecule has 0 aromatic heterocycles. The van der Waals surface area contributed by atoms with E-state index >= 15 is 0 Å². The highest BCUT2D eigenvalue weighted by molar-refractivity contribution is 7.92. The van der Waals surface area contributed by atoms with Gasteiger partial charge in [0.05, 0.1) is 36.8 Å². The van der Waals surface area contributed by atoms with E-state index in [1.165, 1.54) is 58.6 Å². The molecule has 3 rings (SSSR count). The van der Waals surface area contributed by atoms with E-state index in [-0.39, 0.29) is 34.3 Å². The molecule has 0 spiro atoms. The molecule has 0 aliphatic heterocycles. The highest BCUT2D eigenvalue weighted by Gasteiger charge is 2.26. The number of carbonyl (C=O) groups excluding carboxylic acids is 2. The first-order valence-corrected chi connectivity index (χ1v) is 12.7. The zero-order valence-corrected chi connectivity index (χ0v) is 22.5. The van der Waals surface area contributed by atoms with Crippen molar-refractivity contribution < 1.29 is 46.3 Å². The molecular weight excluding hydrogens is 553 g/mol. The number of anilines is 2. The number of amides is 1. The smallest absolute Gasteiger partial charge is 0.342 e. The number of nitro benzene ring substituents is 1. The molecule has 3 aromatic carbocycles. The summed E-state index contributed by atoms with van der Waals surface area (Å²) in [5, 5.41) is 13.6. The number of nitrogens with one attached hydrogen (secondary N) is 2. The molecule has 0 saturated heterocycles. The highest BCUT2D eigenvalue weighted by Crippen LogP contribution is 2.36. The van der Waals surface area contributed by atoms with Crippen molar-refractivity contribution in [3.63, 3.8) is 0 Å². The number of aryl methyl sites for hydroxylation is 1. The molecule has 2 N–H and O–H groups in total. The van der Waals surface area contributed by atoms with Crippen LogP contribution in [0.3, 0.4) is 0 Å². The second kappa shape index (κ2) is 12.3. The molecule has 0 atom stereocenters. The second-order valence-electron chi connectivity index (χ2n) is 8.01. The molecule has 0 heterocycles. The Labute approximate surface area is 228 Å². The minimum Gasteiger partial charge on any atom is -0.493 e. The topological polar surface area (TPSA) is 172 Å². The third kappa shape index (κ3) is 6.55. The van der Waals surface area contributed by atoms with E-state index in [0.29, 0.717) is 5.56 Å². The molecule has 15 heteroatoms. The second-order valence-corrected chi connectivity index (χ2v) is 9.69. The molecule has 1 amide bonds. The van der Waals surface area contributed by atoms with Crippen LogP contribution in [0.5, 0.6) is 17.2 Å². The van der Waals surface area contributed by atoms with E-state index in [9.17, 15) is 32.5 Å². The van der Waals surface area contributed by atoms with Gasteiger partial charge in [-0.05, 0) is 30.7 Å². The molecule has 0 aliphatic carbocycles. The monoisotopic (exact) mass is 577 g/mol. The molecule has 13 nitrogen and oxygen atoms in total. The van der Waals surface area contributed by atoms with E-state index < -0.39 is 49.7 Å². The van der Waals surface area contributed by atoms with Crippen molar-refractivity contribution >= 4 is 39.0 Å². The van der Waals surface area contributed by atoms with Gasteiger partial charge < -0.3 is 24.3 Å². The van der Waals surface area contributed by atoms with Gasteiger partial charge in [0.2, 0.25) is 0 Å². The van der Waals surface area contributed by atoms with E-state index in [2.05, 4.69) is 10.0 Å². The van der Waals surface area contributed by atoms with Gasteiger partial charge in [-0.1, -0.05) is 12.1 Å². The Morgan fingerprint density at radius 2 is 1.65 bits per heavy atom. The van der Waals surface area contributed by atoms with Crippen molar-refractivity contribution in [2.45, 2.75) is 11.8 Å². The summed E-state index contributed by atoms with van der Waals surface area (Å²) < 4.78 is 62.5. The summed E-state index contributed by atoms with van der Waals surface area (Å²) in [7, 11) is -0.769. The Morgan fingerprint density at radius 1 is 0.975 bits per heavy atom. The number of ether oxygens (including phenoxy) is 4. The lowest BCUT2D eigenvalue weighted by molar-refractivity contribution is -0.385. The summed E-state index contributed by atoms with van der Waals surface area (Å²) in [6.45, 7) is 0.708. The minimum absolute atomic E-state index is 0.0956. The maximum absolute atomic E-state index is 14.0. The van der Waals surface area contributed by atoms with Gasteiger partial charge in [0.1, 0.15) is 11.4 Å². The van der Waals surface area contributed by atoms with Crippen LogP contribution in [-0.2, 0) is 19.6 Å². The Balaban J connectivity index is 1.84. The van der Waals surface area contributed by atoms with Crippen molar-refractivity contribution in [1.29, 1.82) is 0 Å². The van der Waals surface area contributed by atoms with E-state index in [0.717, 1.165) is 18.2 Å². The van der Waals surface area contributed by atoms with Gasteiger partial charge in [0.15, 0.2) is 23.9 Å². The number of carbonyl (C=O) groups is 2. The van der Waals surface area contributed by atoms with Crippen LogP contribution >= 0.6 is 0 Å². The summed E-state index contributed by atoms with van der Waals surface area (Å²) in [6.07, 6.45) is 0. The van der Waals surface area contributed by atoms with Crippen LogP contribution in [0.4, 0.5) is 21.5 Å². The lowest BCUT2D eigenvalue weighted by Gasteiger charge is -2.16. The summed E-state index contributed by atoms with van der Waals surface area (Å²) in [6, 6.07) is 9.53. The van der Waals surface area contributed by atoms with Crippen LogP contribution in [0.25, 0.3) is 0 Å². The molecular formula is C25H24FN3O10S. The molecule has 0 aliphatic rings. The van der Waals surface area contributed by atoms with Gasteiger partial charge >= 0.3 is 11.7 Å². The largest absolute Gasteiger partial charge is 0.493 e. The summed E-state index contributed by atoms with van der Waals surface area (Å²) >= 11 is 0. The molecule has 212 valence electrons. The van der Waals surface area contributed by atoms with E-state index in [4.69, 9.17) is 18.9 Å². The maximum atomic E-state index is 14.0. The Bertz CT molecular complexity index is 1580. The van der Waals surface area contributed by atoms with Crippen LogP contribution in [0.15, 0.2) is 53.4 Å². The number of benzene rings is 3. The minimum atomic E-state index is -4.41. The van der Waals surface area contributed by atoms with E-state index in [1.807, 2.05) is 0 Å². The van der Waals surface area contributed by atoms with Crippen LogP contribution in [0.1, 0.15) is 15.9 Å². The van der Waals surface area contributed by atoms with Crippen LogP contribution in [0.2, 0.25) is 0 Å². The van der Waals surface area contributed by atoms with Gasteiger partial charge in [-0.25, -0.2) is 17.6 Å². The summed E-state index contributed by atoms with van der Waals surface area (Å²) in [5.41, 5.74) is -0.494. The number of hydrogen-bond acceptors (Lipinski definition) is 10. The van der Waals surface area contributed by atoms with Gasteiger partial charge in [-0.2, -0.15) is 0 Å². The highest BCUT2D eigenvalue weighted by atomic mass is 32.2. The fraction of sp³-hybridized carbons (Fsp3) is 0.200. The number of sulfonamides is 1. The fourth-order valence-corrected chi connectivity index (χ4v) is 4.61. The number of halogens is 1. The first-order chi connectivity index (χ1) is 18.9. The van der Waals surface area contributed by atoms with Gasteiger partial charge in [0.25, 0.3) is 15.9 Å². The zero-order valence-electron chi connectivity index (χ0n) is 21.6. The predicted octanol–water partition coefficient (Wildman–Crippen LogP) is 3.66. The molecule has 0 radical (unpaired) electrons. The Kier molecular flexibility index (Phi) is 9.11. The van der Waals surface area contributed by atoms with Crippen molar-refractivity contribution in [3.8, 4) is 17.2 Å².